The Labute approximate surface area is 256 Å². The van der Waals surface area contributed by atoms with Gasteiger partial charge >= 0.3 is 0 Å². The highest BCUT2D eigenvalue weighted by Gasteiger charge is 2.35. The van der Waals surface area contributed by atoms with Crippen molar-refractivity contribution < 1.29 is 24.0 Å². The van der Waals surface area contributed by atoms with Crippen molar-refractivity contribution >= 4 is 35.5 Å². The van der Waals surface area contributed by atoms with Crippen LogP contribution in [-0.2, 0) is 24.0 Å². The summed E-state index contributed by atoms with van der Waals surface area (Å²) in [7, 11) is 1.65. The molecule has 0 radical (unpaired) electrons. The van der Waals surface area contributed by atoms with Crippen molar-refractivity contribution in [3.8, 4) is 0 Å². The number of nitrogens with one attached hydrogen (secondary N) is 4. The van der Waals surface area contributed by atoms with Gasteiger partial charge in [-0.2, -0.15) is 0 Å². The molecular formula is C30H52N8O5. The molecule has 1 fully saturated rings. The molecule has 13 heteroatoms. The minimum Gasteiger partial charge on any atom is -0.370 e. The summed E-state index contributed by atoms with van der Waals surface area (Å²) in [6.45, 7) is 11.6. The third-order valence-electron chi connectivity index (χ3n) is 6.28. The van der Waals surface area contributed by atoms with Crippen LogP contribution in [0, 0.1) is 5.92 Å². The summed E-state index contributed by atoms with van der Waals surface area (Å²) in [5.74, 6) is -2.27. The van der Waals surface area contributed by atoms with E-state index in [0.717, 1.165) is 13.0 Å². The Balaban J connectivity index is 0.00000171. The maximum absolute atomic E-state index is 13.2. The lowest BCUT2D eigenvalue weighted by atomic mass is 9.92. The smallest absolute Gasteiger partial charge is 0.249 e. The normalized spacial score (nSPS) is 20.2. The molecule has 1 aliphatic rings. The Kier molecular flexibility index (Phi) is 18.7. The van der Waals surface area contributed by atoms with Gasteiger partial charge in [0.2, 0.25) is 29.5 Å². The Morgan fingerprint density at radius 3 is 2.19 bits per heavy atom. The number of amides is 5. The third-order valence-corrected chi connectivity index (χ3v) is 6.28. The predicted molar refractivity (Wildman–Crippen MR) is 169 cm³/mol. The second-order valence-electron chi connectivity index (χ2n) is 10.4. The fraction of sp³-hybridized carbons (Fsp3) is 0.600. The summed E-state index contributed by atoms with van der Waals surface area (Å²) >= 11 is 0. The summed E-state index contributed by atoms with van der Waals surface area (Å²) in [6.07, 6.45) is 2.46. The number of nitrogens with two attached hydrogens (primary N) is 2. The van der Waals surface area contributed by atoms with E-state index in [4.69, 9.17) is 11.5 Å². The lowest BCUT2D eigenvalue weighted by Crippen LogP contribution is -2.58. The van der Waals surface area contributed by atoms with Crippen LogP contribution in [0.25, 0.3) is 0 Å². The van der Waals surface area contributed by atoms with E-state index in [1.807, 2.05) is 26.8 Å². The number of rotatable bonds is 5. The molecule has 0 spiro atoms. The maximum Gasteiger partial charge on any atom is 0.249 e. The molecule has 1 unspecified atom stereocenters. The van der Waals surface area contributed by atoms with E-state index in [9.17, 15) is 24.0 Å². The lowest BCUT2D eigenvalue weighted by Gasteiger charge is -2.31. The molecule has 0 aliphatic carbocycles. The Bertz CT molecular complexity index is 1060. The highest BCUT2D eigenvalue weighted by Crippen LogP contribution is 2.18. The van der Waals surface area contributed by atoms with Crippen molar-refractivity contribution in [3.63, 3.8) is 0 Å². The minimum absolute atomic E-state index is 0.182. The SMILES string of the molecule is CC.CC(C)C(=O)N[C@]1(C)CCCCN(C)C(=O)C(c2ccccc2)NC(=O)CNC(=O)CNC1=O.CCCN=C(N)N. The molecule has 1 saturated heterocycles. The second-order valence-corrected chi connectivity index (χ2v) is 10.4. The molecule has 1 heterocycles. The van der Waals surface area contributed by atoms with Gasteiger partial charge in [0.25, 0.3) is 0 Å². The first kappa shape index (κ1) is 38.8. The molecule has 242 valence electrons. The van der Waals surface area contributed by atoms with Crippen molar-refractivity contribution in [3.05, 3.63) is 35.9 Å². The van der Waals surface area contributed by atoms with Gasteiger partial charge in [-0.15, -0.1) is 0 Å². The molecule has 0 bridgehead atoms. The van der Waals surface area contributed by atoms with Crippen molar-refractivity contribution in [2.75, 3.05) is 33.2 Å². The Hall–Kier alpha value is -4.16. The van der Waals surface area contributed by atoms with Gasteiger partial charge in [-0.05, 0) is 38.2 Å². The van der Waals surface area contributed by atoms with Gasteiger partial charge in [0, 0.05) is 26.1 Å². The molecule has 13 nitrogen and oxygen atoms in total. The fourth-order valence-electron chi connectivity index (χ4n) is 3.79. The fourth-order valence-corrected chi connectivity index (χ4v) is 3.79. The minimum atomic E-state index is -1.22. The molecule has 1 aromatic carbocycles. The zero-order valence-corrected chi connectivity index (χ0v) is 26.8. The van der Waals surface area contributed by atoms with E-state index in [-0.39, 0.29) is 36.8 Å². The molecule has 5 amide bonds. The molecule has 0 aromatic heterocycles. The van der Waals surface area contributed by atoms with Gasteiger partial charge in [0.05, 0.1) is 13.1 Å². The van der Waals surface area contributed by atoms with Crippen LogP contribution < -0.4 is 32.7 Å². The van der Waals surface area contributed by atoms with Gasteiger partial charge < -0.3 is 37.6 Å². The van der Waals surface area contributed by atoms with Gasteiger partial charge in [0.1, 0.15) is 11.6 Å². The van der Waals surface area contributed by atoms with Crippen LogP contribution >= 0.6 is 0 Å². The standard InChI is InChI=1S/C24H35N5O5.C4H11N3.C2H6/c1-16(2)21(32)28-24(3)12-8-9-13-29(4)22(33)20(17-10-6-5-7-11-17)27-19(31)15-25-18(30)14-26-23(24)34;1-2-3-7-4(5)6;1-2/h5-7,10-11,16,20H,8-9,12-15H2,1-4H3,(H,25,30)(H,26,34)(H,27,31)(H,28,32);2-3H2,1H3,(H4,5,6,7);1-2H3/t20?,24-;;/m1../s1. The number of likely N-dealkylation sites (N-methyl/N-ethyl adjacent to an activating group) is 1. The zero-order chi connectivity index (χ0) is 33.0. The van der Waals surface area contributed by atoms with Crippen LogP contribution in [0.4, 0.5) is 0 Å². The molecule has 2 atom stereocenters. The molecule has 2 rings (SSSR count). The van der Waals surface area contributed by atoms with Gasteiger partial charge in [-0.1, -0.05) is 65.0 Å². The van der Waals surface area contributed by atoms with Crippen molar-refractivity contribution in [2.45, 2.75) is 78.8 Å². The number of guanidine groups is 1. The second kappa shape index (κ2) is 20.7. The summed E-state index contributed by atoms with van der Waals surface area (Å²) in [5.41, 5.74) is 9.43. The van der Waals surface area contributed by atoms with Crippen molar-refractivity contribution in [1.29, 1.82) is 0 Å². The quantitative estimate of drug-likeness (QED) is 0.212. The summed E-state index contributed by atoms with van der Waals surface area (Å²) in [5, 5.41) is 10.5. The van der Waals surface area contributed by atoms with Crippen LogP contribution in [0.3, 0.4) is 0 Å². The van der Waals surface area contributed by atoms with E-state index in [1.165, 1.54) is 4.90 Å². The summed E-state index contributed by atoms with van der Waals surface area (Å²) in [4.78, 5) is 68.3. The van der Waals surface area contributed by atoms with Gasteiger partial charge in [-0.25, -0.2) is 0 Å². The van der Waals surface area contributed by atoms with Crippen LogP contribution in [0.5, 0.6) is 0 Å². The predicted octanol–water partition coefficient (Wildman–Crippen LogP) is 0.946. The van der Waals surface area contributed by atoms with Crippen molar-refractivity contribution in [2.24, 2.45) is 22.4 Å². The Morgan fingerprint density at radius 2 is 1.65 bits per heavy atom. The average molecular weight is 605 g/mol. The first-order valence-electron chi connectivity index (χ1n) is 14.8. The molecule has 1 aromatic rings. The van der Waals surface area contributed by atoms with Crippen LogP contribution in [0.2, 0.25) is 0 Å². The zero-order valence-electron chi connectivity index (χ0n) is 26.8. The molecular weight excluding hydrogens is 552 g/mol. The third kappa shape index (κ3) is 15.0. The van der Waals surface area contributed by atoms with Crippen LogP contribution in [-0.4, -0.2) is 79.2 Å². The Morgan fingerprint density at radius 1 is 1.05 bits per heavy atom. The number of carbonyl (C=O) groups is 5. The molecule has 43 heavy (non-hydrogen) atoms. The molecule has 1 aliphatic heterocycles. The van der Waals surface area contributed by atoms with E-state index in [0.29, 0.717) is 31.4 Å². The number of nitrogens with zero attached hydrogens (tertiary/aromatic N) is 2. The van der Waals surface area contributed by atoms with Crippen molar-refractivity contribution in [1.82, 2.24) is 26.2 Å². The number of benzene rings is 1. The lowest BCUT2D eigenvalue weighted by molar-refractivity contribution is -0.136. The van der Waals surface area contributed by atoms with E-state index < -0.39 is 29.3 Å². The number of aliphatic imine (C=N–C) groups is 1. The molecule has 8 N–H and O–H groups in total. The van der Waals surface area contributed by atoms with E-state index in [2.05, 4.69) is 26.3 Å². The highest BCUT2D eigenvalue weighted by molar-refractivity contribution is 5.95. The van der Waals surface area contributed by atoms with Gasteiger partial charge in [0.15, 0.2) is 5.96 Å². The maximum atomic E-state index is 13.2. The first-order valence-corrected chi connectivity index (χ1v) is 14.8. The van der Waals surface area contributed by atoms with E-state index in [1.54, 1.807) is 52.1 Å². The van der Waals surface area contributed by atoms with Crippen LogP contribution in [0.15, 0.2) is 35.3 Å². The summed E-state index contributed by atoms with van der Waals surface area (Å²) in [6, 6.07) is 8.00. The topological polar surface area (TPSA) is 201 Å². The van der Waals surface area contributed by atoms with E-state index >= 15 is 0 Å². The highest BCUT2D eigenvalue weighted by atomic mass is 16.2. The first-order chi connectivity index (χ1) is 20.3. The average Bonchev–Trinajstić information content (AvgIpc) is 2.99. The van der Waals surface area contributed by atoms with Gasteiger partial charge in [-0.3, -0.25) is 29.0 Å². The number of hydrogen-bond donors (Lipinski definition) is 6. The largest absolute Gasteiger partial charge is 0.370 e. The number of hydrogen-bond acceptors (Lipinski definition) is 6. The summed E-state index contributed by atoms with van der Waals surface area (Å²) < 4.78 is 0. The van der Waals surface area contributed by atoms with Crippen LogP contribution in [0.1, 0.15) is 78.8 Å². The number of carbonyl (C=O) groups excluding carboxylic acids is 5. The monoisotopic (exact) mass is 604 g/mol. The molecule has 0 saturated carbocycles.